The molecule has 4 N–H and O–H groups in total. The van der Waals surface area contributed by atoms with Crippen LogP contribution < -0.4 is 9.47 Å². The number of ether oxygens (including phenoxy) is 2. The van der Waals surface area contributed by atoms with Crippen molar-refractivity contribution in [3.05, 3.63) is 21.7 Å². The molecule has 0 fully saturated rings. The van der Waals surface area contributed by atoms with Crippen LogP contribution in [0.15, 0.2) is 0 Å². The number of Topliss-reactive ketones (excluding diaryl/α,β-unsaturated/α-hetero) is 2. The summed E-state index contributed by atoms with van der Waals surface area (Å²) in [6.45, 7) is 6.54. The lowest BCUT2D eigenvalue weighted by atomic mass is 9.87. The largest absolute Gasteiger partial charge is 0.507 e. The van der Waals surface area contributed by atoms with E-state index < -0.39 is 51.3 Å². The summed E-state index contributed by atoms with van der Waals surface area (Å²) in [5.74, 6) is -3.92. The lowest BCUT2D eigenvalue weighted by molar-refractivity contribution is 0.0613. The van der Waals surface area contributed by atoms with Crippen LogP contribution in [0.25, 0.3) is 11.1 Å². The molecule has 1 aliphatic heterocycles. The molecule has 3 rings (SSSR count). The highest BCUT2D eigenvalue weighted by molar-refractivity contribution is 6.35. The van der Waals surface area contributed by atoms with Gasteiger partial charge in [-0.25, -0.2) is 0 Å². The Hall–Kier alpha value is -3.13. The molecule has 1 aliphatic rings. The molecule has 0 saturated carbocycles. The molecule has 0 atom stereocenters. The maximum atomic E-state index is 12.8. The number of hydrogen-bond acceptors (Lipinski definition) is 8. The zero-order valence-corrected chi connectivity index (χ0v) is 19.2. The van der Waals surface area contributed by atoms with Gasteiger partial charge in [-0.05, 0) is 27.2 Å². The van der Waals surface area contributed by atoms with Crippen LogP contribution in [0.2, 0.25) is 5.02 Å². The van der Waals surface area contributed by atoms with E-state index in [0.29, 0.717) is 6.42 Å². The van der Waals surface area contributed by atoms with E-state index in [1.54, 1.807) is 20.8 Å². The summed E-state index contributed by atoms with van der Waals surface area (Å²) < 4.78 is 11.0. The van der Waals surface area contributed by atoms with Gasteiger partial charge < -0.3 is 29.9 Å². The molecule has 8 nitrogen and oxygen atoms in total. The van der Waals surface area contributed by atoms with Crippen LogP contribution >= 0.6 is 11.6 Å². The molecule has 1 heterocycles. The van der Waals surface area contributed by atoms with E-state index in [1.807, 2.05) is 0 Å². The van der Waals surface area contributed by atoms with Crippen molar-refractivity contribution in [1.82, 2.24) is 0 Å². The zero-order valence-electron chi connectivity index (χ0n) is 18.4. The normalized spacial score (nSPS) is 14.6. The molecule has 2 aromatic carbocycles. The number of hydrogen-bond donors (Lipinski definition) is 4. The molecule has 0 unspecified atom stereocenters. The van der Waals surface area contributed by atoms with E-state index in [1.165, 1.54) is 14.0 Å². The van der Waals surface area contributed by atoms with Gasteiger partial charge in [-0.2, -0.15) is 0 Å². The number of benzene rings is 2. The molecule has 0 aliphatic carbocycles. The van der Waals surface area contributed by atoms with Crippen molar-refractivity contribution in [3.8, 4) is 45.6 Å². The summed E-state index contributed by atoms with van der Waals surface area (Å²) in [7, 11) is 1.28. The number of ketones is 2. The van der Waals surface area contributed by atoms with Crippen LogP contribution in [0.5, 0.6) is 34.5 Å². The van der Waals surface area contributed by atoms with E-state index >= 15 is 0 Å². The molecule has 0 amide bonds. The van der Waals surface area contributed by atoms with E-state index in [0.717, 1.165) is 0 Å². The third-order valence-electron chi connectivity index (χ3n) is 5.43. The molecular formula is C23H25ClO8. The minimum atomic E-state index is -0.922. The van der Waals surface area contributed by atoms with Gasteiger partial charge in [-0.1, -0.05) is 18.5 Å². The number of phenols is 4. The van der Waals surface area contributed by atoms with Gasteiger partial charge in [-0.15, -0.1) is 0 Å². The number of phenolic OH excluding ortho intramolecular Hbond substituents is 4. The molecule has 9 heteroatoms. The topological polar surface area (TPSA) is 134 Å². The van der Waals surface area contributed by atoms with Crippen molar-refractivity contribution in [3.63, 3.8) is 0 Å². The second kappa shape index (κ2) is 8.09. The molecule has 0 saturated heterocycles. The van der Waals surface area contributed by atoms with Crippen molar-refractivity contribution < 1.29 is 39.5 Å². The Morgan fingerprint density at radius 1 is 1.06 bits per heavy atom. The number of methoxy groups -OCH3 is 1. The van der Waals surface area contributed by atoms with Gasteiger partial charge in [0.15, 0.2) is 17.3 Å². The van der Waals surface area contributed by atoms with Gasteiger partial charge in [0.25, 0.3) is 0 Å². The SMILES string of the molecule is CCCC(=O)c1c(O)c(-c2c(O)c(Cl)c3c(c2O)C(=O)CC(C)(C)O3)c(O)c(C)c1OC. The van der Waals surface area contributed by atoms with Crippen LogP contribution in [0, 0.1) is 6.92 Å². The first-order valence-electron chi connectivity index (χ1n) is 10.0. The first-order chi connectivity index (χ1) is 14.9. The molecule has 0 bridgehead atoms. The van der Waals surface area contributed by atoms with E-state index in [9.17, 15) is 30.0 Å². The van der Waals surface area contributed by atoms with Gasteiger partial charge in [0.2, 0.25) is 0 Å². The Balaban J connectivity index is 2.44. The van der Waals surface area contributed by atoms with E-state index in [2.05, 4.69) is 0 Å². The highest BCUT2D eigenvalue weighted by atomic mass is 35.5. The predicted octanol–water partition coefficient (Wildman–Crippen LogP) is 4.87. The van der Waals surface area contributed by atoms with Crippen LogP contribution in [0.1, 0.15) is 66.3 Å². The minimum absolute atomic E-state index is 0.0357. The molecule has 2 aromatic rings. The molecule has 0 spiro atoms. The van der Waals surface area contributed by atoms with Crippen molar-refractivity contribution in [2.75, 3.05) is 7.11 Å². The highest BCUT2D eigenvalue weighted by Crippen LogP contribution is 2.58. The second-order valence-corrected chi connectivity index (χ2v) is 8.71. The van der Waals surface area contributed by atoms with Crippen molar-refractivity contribution in [2.45, 2.75) is 52.6 Å². The fourth-order valence-electron chi connectivity index (χ4n) is 3.98. The average Bonchev–Trinajstić information content (AvgIpc) is 2.70. The summed E-state index contributed by atoms with van der Waals surface area (Å²) in [6.07, 6.45) is 0.491. The maximum absolute atomic E-state index is 12.8. The lowest BCUT2D eigenvalue weighted by Gasteiger charge is -2.33. The number of fused-ring (bicyclic) bond motifs is 1. The van der Waals surface area contributed by atoms with E-state index in [-0.39, 0.29) is 46.1 Å². The zero-order chi connectivity index (χ0) is 24.1. The van der Waals surface area contributed by atoms with Crippen LogP contribution in [-0.4, -0.2) is 44.7 Å². The Kier molecular flexibility index (Phi) is 5.95. The number of halogens is 1. The molecule has 0 aromatic heterocycles. The molecule has 32 heavy (non-hydrogen) atoms. The Morgan fingerprint density at radius 2 is 1.66 bits per heavy atom. The molecular weight excluding hydrogens is 440 g/mol. The number of carbonyl (C=O) groups is 2. The smallest absolute Gasteiger partial charge is 0.174 e. The van der Waals surface area contributed by atoms with Crippen molar-refractivity contribution in [2.24, 2.45) is 0 Å². The molecule has 172 valence electrons. The summed E-state index contributed by atoms with van der Waals surface area (Å²) in [5, 5.41) is 43.3. The third kappa shape index (κ3) is 3.48. The summed E-state index contributed by atoms with van der Waals surface area (Å²) in [6, 6.07) is 0. The van der Waals surface area contributed by atoms with Crippen molar-refractivity contribution in [1.29, 1.82) is 0 Å². The fraction of sp³-hybridized carbons (Fsp3) is 0.391. The lowest BCUT2D eigenvalue weighted by Crippen LogP contribution is -2.36. The first kappa shape index (κ1) is 23.5. The Labute approximate surface area is 190 Å². The van der Waals surface area contributed by atoms with Gasteiger partial charge in [-0.3, -0.25) is 9.59 Å². The molecule has 0 radical (unpaired) electrons. The number of rotatable bonds is 5. The van der Waals surface area contributed by atoms with E-state index in [4.69, 9.17) is 21.1 Å². The average molecular weight is 465 g/mol. The summed E-state index contributed by atoms with van der Waals surface area (Å²) >= 11 is 6.29. The van der Waals surface area contributed by atoms with Crippen molar-refractivity contribution >= 4 is 23.2 Å². The third-order valence-corrected chi connectivity index (χ3v) is 5.78. The summed E-state index contributed by atoms with van der Waals surface area (Å²) in [4.78, 5) is 25.5. The second-order valence-electron chi connectivity index (χ2n) is 8.33. The Bertz CT molecular complexity index is 1150. The monoisotopic (exact) mass is 464 g/mol. The van der Waals surface area contributed by atoms with Gasteiger partial charge in [0, 0.05) is 12.0 Å². The quantitative estimate of drug-likeness (QED) is 0.460. The van der Waals surface area contributed by atoms with Crippen LogP contribution in [-0.2, 0) is 0 Å². The Morgan fingerprint density at radius 3 is 2.22 bits per heavy atom. The predicted molar refractivity (Wildman–Crippen MR) is 118 cm³/mol. The maximum Gasteiger partial charge on any atom is 0.174 e. The number of aromatic hydroxyl groups is 4. The van der Waals surface area contributed by atoms with Gasteiger partial charge >= 0.3 is 0 Å². The van der Waals surface area contributed by atoms with Crippen LogP contribution in [0.4, 0.5) is 0 Å². The van der Waals surface area contributed by atoms with Gasteiger partial charge in [0.05, 0.1) is 24.7 Å². The van der Waals surface area contributed by atoms with Crippen LogP contribution in [0.3, 0.4) is 0 Å². The standard InChI is InChI=1S/C23H25ClO8/c1-6-7-10(25)12-18(28)14(17(27)9(2)21(12)31-5)15-19(29)13-11(26)8-23(3,4)32-22(13)16(24)20(15)30/h27-30H,6-8H2,1-5H3. The fourth-order valence-corrected chi connectivity index (χ4v) is 4.21. The minimum Gasteiger partial charge on any atom is -0.507 e. The first-order valence-corrected chi connectivity index (χ1v) is 10.4. The number of carbonyl (C=O) groups excluding carboxylic acids is 2. The highest BCUT2D eigenvalue weighted by Gasteiger charge is 2.40. The summed E-state index contributed by atoms with van der Waals surface area (Å²) in [5.41, 5.74) is -2.26. The van der Waals surface area contributed by atoms with Gasteiger partial charge in [0.1, 0.15) is 50.5 Å².